The van der Waals surface area contributed by atoms with Crippen LogP contribution in [0.5, 0.6) is 0 Å². The molecule has 3 aromatic rings. The maximum atomic E-state index is 12.6. The van der Waals surface area contributed by atoms with Crippen LogP contribution in [0.25, 0.3) is 10.9 Å². The first-order chi connectivity index (χ1) is 14.7. The van der Waals surface area contributed by atoms with Gasteiger partial charge in [0.1, 0.15) is 0 Å². The number of methoxy groups -OCH3 is 1. The van der Waals surface area contributed by atoms with Gasteiger partial charge >= 0.3 is 0 Å². The van der Waals surface area contributed by atoms with Gasteiger partial charge in [0.15, 0.2) is 5.82 Å². The first-order valence-corrected chi connectivity index (χ1v) is 10.6. The second-order valence-corrected chi connectivity index (χ2v) is 7.94. The van der Waals surface area contributed by atoms with Crippen LogP contribution >= 0.6 is 0 Å². The van der Waals surface area contributed by atoms with Crippen LogP contribution in [0.15, 0.2) is 35.4 Å². The number of aryl methyl sites for hydroxylation is 2. The lowest BCUT2D eigenvalue weighted by Gasteiger charge is -2.36. The van der Waals surface area contributed by atoms with Crippen LogP contribution < -0.4 is 15.4 Å². The Bertz CT molecular complexity index is 1120. The fourth-order valence-electron chi connectivity index (χ4n) is 4.36. The predicted octanol–water partition coefficient (Wildman–Crippen LogP) is 1.65. The van der Waals surface area contributed by atoms with Crippen molar-refractivity contribution in [3.8, 4) is 0 Å². The van der Waals surface area contributed by atoms with E-state index in [2.05, 4.69) is 31.0 Å². The molecule has 156 valence electrons. The number of piperazine rings is 1. The van der Waals surface area contributed by atoms with Crippen molar-refractivity contribution in [2.75, 3.05) is 49.7 Å². The molecule has 1 fully saturated rings. The first kappa shape index (κ1) is 19.0. The molecule has 0 spiro atoms. The average Bonchev–Trinajstić information content (AvgIpc) is 3.26. The number of rotatable bonds is 5. The molecule has 0 saturated carbocycles. The Kier molecular flexibility index (Phi) is 5.08. The highest BCUT2D eigenvalue weighted by Gasteiger charge is 2.21. The molecule has 30 heavy (non-hydrogen) atoms. The summed E-state index contributed by atoms with van der Waals surface area (Å²) >= 11 is 0. The van der Waals surface area contributed by atoms with Crippen LogP contribution in [0.4, 0.5) is 11.5 Å². The van der Waals surface area contributed by atoms with Crippen molar-refractivity contribution < 1.29 is 4.74 Å². The van der Waals surface area contributed by atoms with Crippen LogP contribution in [0, 0.1) is 0 Å². The highest BCUT2D eigenvalue weighted by molar-refractivity contribution is 5.81. The zero-order chi connectivity index (χ0) is 20.5. The fraction of sp³-hybridized carbons (Fsp3) is 0.455. The van der Waals surface area contributed by atoms with Gasteiger partial charge in [-0.25, -0.2) is 4.98 Å². The summed E-state index contributed by atoms with van der Waals surface area (Å²) in [5.74, 6) is 0.993. The van der Waals surface area contributed by atoms with Crippen molar-refractivity contribution in [1.82, 2.24) is 19.7 Å². The molecule has 1 aliphatic carbocycles. The molecule has 0 bridgehead atoms. The van der Waals surface area contributed by atoms with Gasteiger partial charge in [-0.15, -0.1) is 5.10 Å². The molecule has 0 N–H and O–H groups in total. The summed E-state index contributed by atoms with van der Waals surface area (Å²) in [6.07, 6.45) is 4.98. The number of nitrogens with zero attached hydrogens (tertiary/aromatic N) is 6. The lowest BCUT2D eigenvalue weighted by Crippen LogP contribution is -2.47. The number of fused-ring (bicyclic) bond motifs is 2. The molecule has 2 aliphatic rings. The molecule has 8 nitrogen and oxygen atoms in total. The topological polar surface area (TPSA) is 76.4 Å². The SMILES string of the molecule is COCCn1cnc2cc(N3CCN(c4cc5c(nn4)CCC5)CC3)ccc2c1=O. The summed E-state index contributed by atoms with van der Waals surface area (Å²) in [6.45, 7) is 4.59. The lowest BCUT2D eigenvalue weighted by atomic mass is 10.2. The molecule has 0 unspecified atom stereocenters. The Morgan fingerprint density at radius 1 is 1.03 bits per heavy atom. The van der Waals surface area contributed by atoms with E-state index in [0.717, 1.165) is 56.0 Å². The fourth-order valence-corrected chi connectivity index (χ4v) is 4.36. The van der Waals surface area contributed by atoms with Gasteiger partial charge in [0.2, 0.25) is 0 Å². The van der Waals surface area contributed by atoms with E-state index in [9.17, 15) is 4.79 Å². The van der Waals surface area contributed by atoms with E-state index in [0.29, 0.717) is 18.5 Å². The minimum Gasteiger partial charge on any atom is -0.383 e. The molecule has 2 aromatic heterocycles. The minimum atomic E-state index is -0.0244. The quantitative estimate of drug-likeness (QED) is 0.638. The highest BCUT2D eigenvalue weighted by Crippen LogP contribution is 2.25. The normalized spacial score (nSPS) is 16.3. The van der Waals surface area contributed by atoms with E-state index in [1.165, 1.54) is 17.7 Å². The largest absolute Gasteiger partial charge is 0.383 e. The van der Waals surface area contributed by atoms with Crippen molar-refractivity contribution in [2.45, 2.75) is 25.8 Å². The second kappa shape index (κ2) is 8.02. The average molecular weight is 406 g/mol. The predicted molar refractivity (Wildman–Crippen MR) is 116 cm³/mol. The molecule has 0 radical (unpaired) electrons. The molecule has 8 heteroatoms. The number of benzene rings is 1. The Labute approximate surface area is 175 Å². The summed E-state index contributed by atoms with van der Waals surface area (Å²) in [5, 5.41) is 9.52. The number of anilines is 2. The maximum absolute atomic E-state index is 12.6. The minimum absolute atomic E-state index is 0.0244. The van der Waals surface area contributed by atoms with Gasteiger partial charge in [-0.3, -0.25) is 9.36 Å². The second-order valence-electron chi connectivity index (χ2n) is 7.94. The van der Waals surface area contributed by atoms with E-state index in [4.69, 9.17) is 4.74 Å². The summed E-state index contributed by atoms with van der Waals surface area (Å²) in [4.78, 5) is 21.8. The van der Waals surface area contributed by atoms with Gasteiger partial charge in [-0.1, -0.05) is 0 Å². The summed E-state index contributed by atoms with van der Waals surface area (Å²) in [5.41, 5.74) is 4.34. The van der Waals surface area contributed by atoms with Crippen molar-refractivity contribution >= 4 is 22.4 Å². The van der Waals surface area contributed by atoms with Crippen LogP contribution in [-0.4, -0.2) is 59.6 Å². The molecule has 5 rings (SSSR count). The molecule has 0 atom stereocenters. The molecule has 0 amide bonds. The lowest BCUT2D eigenvalue weighted by molar-refractivity contribution is 0.186. The number of hydrogen-bond acceptors (Lipinski definition) is 7. The number of aromatic nitrogens is 4. The van der Waals surface area contributed by atoms with Crippen LogP contribution in [0.1, 0.15) is 17.7 Å². The van der Waals surface area contributed by atoms with E-state index in [1.54, 1.807) is 18.0 Å². The standard InChI is InChI=1S/C22H26N6O2/c1-30-12-11-28-15-23-20-14-17(5-6-18(20)22(28)29)26-7-9-27(10-8-26)21-13-16-3-2-4-19(16)24-25-21/h5-6,13-15H,2-4,7-12H2,1H3. The third-order valence-corrected chi connectivity index (χ3v) is 6.12. The Morgan fingerprint density at radius 3 is 2.70 bits per heavy atom. The van der Waals surface area contributed by atoms with Crippen molar-refractivity contribution in [2.24, 2.45) is 0 Å². The van der Waals surface area contributed by atoms with Gasteiger partial charge in [0, 0.05) is 39.0 Å². The van der Waals surface area contributed by atoms with Gasteiger partial charge in [-0.2, -0.15) is 5.10 Å². The Balaban J connectivity index is 1.30. The molecule has 1 saturated heterocycles. The van der Waals surface area contributed by atoms with Gasteiger partial charge < -0.3 is 14.5 Å². The summed E-state index contributed by atoms with van der Waals surface area (Å²) in [6, 6.07) is 8.15. The summed E-state index contributed by atoms with van der Waals surface area (Å²) in [7, 11) is 1.63. The molecule has 3 heterocycles. The highest BCUT2D eigenvalue weighted by atomic mass is 16.5. The van der Waals surface area contributed by atoms with Crippen LogP contribution in [0.3, 0.4) is 0 Å². The molecule has 1 aromatic carbocycles. The third-order valence-electron chi connectivity index (χ3n) is 6.12. The van der Waals surface area contributed by atoms with Crippen molar-refractivity contribution in [3.63, 3.8) is 0 Å². The molecule has 1 aliphatic heterocycles. The van der Waals surface area contributed by atoms with Crippen molar-refractivity contribution in [1.29, 1.82) is 0 Å². The van der Waals surface area contributed by atoms with Gasteiger partial charge in [0.25, 0.3) is 5.56 Å². The monoisotopic (exact) mass is 406 g/mol. The van der Waals surface area contributed by atoms with E-state index in [1.807, 2.05) is 18.2 Å². The van der Waals surface area contributed by atoms with Crippen LogP contribution in [0.2, 0.25) is 0 Å². The molecular weight excluding hydrogens is 380 g/mol. The van der Waals surface area contributed by atoms with Gasteiger partial charge in [-0.05, 0) is 49.1 Å². The zero-order valence-electron chi connectivity index (χ0n) is 17.3. The number of hydrogen-bond donors (Lipinski definition) is 0. The van der Waals surface area contributed by atoms with E-state index in [-0.39, 0.29) is 5.56 Å². The maximum Gasteiger partial charge on any atom is 0.261 e. The Hall–Kier alpha value is -3.00. The number of ether oxygens (including phenoxy) is 1. The van der Waals surface area contributed by atoms with Gasteiger partial charge in [0.05, 0.1) is 36.1 Å². The zero-order valence-corrected chi connectivity index (χ0v) is 17.3. The molecular formula is C22H26N6O2. The third kappa shape index (κ3) is 3.52. The van der Waals surface area contributed by atoms with E-state index >= 15 is 0 Å². The van der Waals surface area contributed by atoms with E-state index < -0.39 is 0 Å². The van der Waals surface area contributed by atoms with Crippen LogP contribution in [-0.2, 0) is 24.1 Å². The Morgan fingerprint density at radius 2 is 1.87 bits per heavy atom. The van der Waals surface area contributed by atoms with Crippen molar-refractivity contribution in [3.05, 3.63) is 52.2 Å². The summed E-state index contributed by atoms with van der Waals surface area (Å²) < 4.78 is 6.67. The first-order valence-electron chi connectivity index (χ1n) is 10.6. The smallest absolute Gasteiger partial charge is 0.261 e.